The van der Waals surface area contributed by atoms with Gasteiger partial charge in [-0.3, -0.25) is 19.3 Å². The topological polar surface area (TPSA) is 138 Å². The molecule has 0 radical (unpaired) electrons. The highest BCUT2D eigenvalue weighted by Gasteiger charge is 2.24. The summed E-state index contributed by atoms with van der Waals surface area (Å²) in [6.07, 6.45) is 2.07. The van der Waals surface area contributed by atoms with Gasteiger partial charge in [-0.25, -0.2) is 0 Å². The summed E-state index contributed by atoms with van der Waals surface area (Å²) < 4.78 is 0. The van der Waals surface area contributed by atoms with Gasteiger partial charge in [-0.2, -0.15) is 5.26 Å². The van der Waals surface area contributed by atoms with E-state index in [9.17, 15) is 9.59 Å². The number of carbonyl (C=O) groups excluding carboxylic acids is 1. The minimum absolute atomic E-state index is 0.0806. The minimum atomic E-state index is -0.833. The standard InChI is InChI=1S/C19H23N5O2.C2H4O2/c20-7-9-24-8-3-4-15(24)12-22-19(26)13-21-11-14-10-18(25)23-17-6-2-1-5-16(14)17;1-2(3)4/h1-2,5-6,10,15,21H,3-4,8-9,11-13H2,(H,22,26)(H,23,25);1H3,(H,3,4)/t15-;/m0./s1. The summed E-state index contributed by atoms with van der Waals surface area (Å²) in [4.78, 5) is 37.7. The van der Waals surface area contributed by atoms with Crippen molar-refractivity contribution in [1.82, 2.24) is 20.5 Å². The summed E-state index contributed by atoms with van der Waals surface area (Å²) in [7, 11) is 0. The quantitative estimate of drug-likeness (QED) is 0.493. The number of carboxylic acids is 1. The van der Waals surface area contributed by atoms with Crippen LogP contribution in [-0.2, 0) is 16.1 Å². The van der Waals surface area contributed by atoms with Crippen molar-refractivity contribution in [1.29, 1.82) is 5.26 Å². The highest BCUT2D eigenvalue weighted by atomic mass is 16.4. The average molecular weight is 413 g/mol. The van der Waals surface area contributed by atoms with Crippen molar-refractivity contribution >= 4 is 22.8 Å². The Morgan fingerprint density at radius 1 is 1.37 bits per heavy atom. The van der Waals surface area contributed by atoms with E-state index in [1.165, 1.54) is 0 Å². The number of aliphatic carboxylic acids is 1. The molecule has 2 aromatic rings. The monoisotopic (exact) mass is 413 g/mol. The zero-order valence-electron chi connectivity index (χ0n) is 17.0. The van der Waals surface area contributed by atoms with E-state index in [1.807, 2.05) is 24.3 Å². The fourth-order valence-electron chi connectivity index (χ4n) is 3.45. The number of aromatic amines is 1. The lowest BCUT2D eigenvalue weighted by Gasteiger charge is -2.21. The third kappa shape index (κ3) is 7.31. The molecule has 160 valence electrons. The van der Waals surface area contributed by atoms with Gasteiger partial charge in [0.25, 0.3) is 5.97 Å². The molecule has 30 heavy (non-hydrogen) atoms. The lowest BCUT2D eigenvalue weighted by Crippen LogP contribution is -2.42. The number of para-hydroxylation sites is 1. The molecule has 1 aromatic carbocycles. The summed E-state index contributed by atoms with van der Waals surface area (Å²) in [5.41, 5.74) is 1.51. The molecule has 1 fully saturated rings. The third-order valence-electron chi connectivity index (χ3n) is 4.74. The largest absolute Gasteiger partial charge is 0.481 e. The van der Waals surface area contributed by atoms with Crippen LogP contribution in [0.25, 0.3) is 10.9 Å². The van der Waals surface area contributed by atoms with Crippen LogP contribution in [-0.4, -0.2) is 59.1 Å². The molecule has 0 saturated carbocycles. The van der Waals surface area contributed by atoms with Crippen molar-refractivity contribution in [2.75, 3.05) is 26.2 Å². The van der Waals surface area contributed by atoms with Gasteiger partial charge in [0, 0.05) is 43.0 Å². The van der Waals surface area contributed by atoms with E-state index in [-0.39, 0.29) is 24.1 Å². The lowest BCUT2D eigenvalue weighted by molar-refractivity contribution is -0.134. The molecular weight excluding hydrogens is 386 g/mol. The molecule has 0 unspecified atom stereocenters. The average Bonchev–Trinajstić information content (AvgIpc) is 3.13. The van der Waals surface area contributed by atoms with Gasteiger partial charge in [-0.1, -0.05) is 18.2 Å². The molecule has 1 atom stereocenters. The van der Waals surface area contributed by atoms with E-state index < -0.39 is 5.97 Å². The number of fused-ring (bicyclic) bond motifs is 1. The first-order valence-corrected chi connectivity index (χ1v) is 9.79. The fraction of sp³-hybridized carbons (Fsp3) is 0.429. The Hall–Kier alpha value is -3.22. The van der Waals surface area contributed by atoms with E-state index in [0.717, 1.165) is 42.8 Å². The Balaban J connectivity index is 0.000000735. The van der Waals surface area contributed by atoms with Gasteiger partial charge in [-0.05, 0) is 31.0 Å². The second-order valence-corrected chi connectivity index (χ2v) is 7.06. The third-order valence-corrected chi connectivity index (χ3v) is 4.74. The van der Waals surface area contributed by atoms with Crippen LogP contribution in [0.5, 0.6) is 0 Å². The molecule has 4 N–H and O–H groups in total. The molecule has 0 aliphatic carbocycles. The number of aromatic nitrogens is 1. The van der Waals surface area contributed by atoms with Crippen molar-refractivity contribution in [2.24, 2.45) is 0 Å². The summed E-state index contributed by atoms with van der Waals surface area (Å²) in [6.45, 7) is 3.61. The molecule has 2 heterocycles. The second-order valence-electron chi connectivity index (χ2n) is 7.06. The number of hydrogen-bond acceptors (Lipinski definition) is 6. The van der Waals surface area contributed by atoms with Crippen molar-refractivity contribution in [3.63, 3.8) is 0 Å². The predicted molar refractivity (Wildman–Crippen MR) is 113 cm³/mol. The highest BCUT2D eigenvalue weighted by molar-refractivity contribution is 5.82. The fourth-order valence-corrected chi connectivity index (χ4v) is 3.45. The van der Waals surface area contributed by atoms with Crippen LogP contribution in [0, 0.1) is 11.3 Å². The van der Waals surface area contributed by atoms with Gasteiger partial charge < -0.3 is 20.7 Å². The Morgan fingerprint density at radius 2 is 2.10 bits per heavy atom. The summed E-state index contributed by atoms with van der Waals surface area (Å²) >= 11 is 0. The van der Waals surface area contributed by atoms with Crippen LogP contribution in [0.1, 0.15) is 25.3 Å². The summed E-state index contributed by atoms with van der Waals surface area (Å²) in [5.74, 6) is -0.914. The molecule has 1 aromatic heterocycles. The van der Waals surface area contributed by atoms with E-state index in [0.29, 0.717) is 19.6 Å². The SMILES string of the molecule is CC(=O)O.N#CCN1CCC[C@H]1CNC(=O)CNCc1cc(=O)[nH]c2ccccc12. The van der Waals surface area contributed by atoms with Gasteiger partial charge in [0.15, 0.2) is 0 Å². The number of carboxylic acid groups (broad SMARTS) is 1. The number of rotatable bonds is 7. The van der Waals surface area contributed by atoms with Crippen LogP contribution in [0.3, 0.4) is 0 Å². The maximum atomic E-state index is 12.1. The molecule has 1 aliphatic rings. The Labute approximate surface area is 174 Å². The van der Waals surface area contributed by atoms with E-state index in [1.54, 1.807) is 6.07 Å². The van der Waals surface area contributed by atoms with Crippen LogP contribution in [0.4, 0.5) is 0 Å². The first-order chi connectivity index (χ1) is 14.4. The molecule has 9 nitrogen and oxygen atoms in total. The number of amides is 1. The number of H-pyrrole nitrogens is 1. The number of benzene rings is 1. The predicted octanol–water partition coefficient (Wildman–Crippen LogP) is 0.813. The minimum Gasteiger partial charge on any atom is -0.481 e. The van der Waals surface area contributed by atoms with Gasteiger partial charge >= 0.3 is 0 Å². The normalized spacial score (nSPS) is 15.8. The Bertz CT molecular complexity index is 962. The number of pyridine rings is 1. The van der Waals surface area contributed by atoms with Crippen molar-refractivity contribution in [2.45, 2.75) is 32.4 Å². The van der Waals surface area contributed by atoms with Gasteiger partial charge in [-0.15, -0.1) is 0 Å². The molecule has 1 saturated heterocycles. The van der Waals surface area contributed by atoms with Crippen LogP contribution in [0.15, 0.2) is 35.1 Å². The first kappa shape index (κ1) is 23.1. The first-order valence-electron chi connectivity index (χ1n) is 9.79. The molecule has 1 amide bonds. The lowest BCUT2D eigenvalue weighted by atomic mass is 10.1. The number of nitriles is 1. The van der Waals surface area contributed by atoms with Crippen LogP contribution in [0.2, 0.25) is 0 Å². The molecule has 9 heteroatoms. The maximum Gasteiger partial charge on any atom is 0.300 e. The Kier molecular flexibility index (Phi) is 9.00. The molecule has 0 bridgehead atoms. The molecular formula is C21H27N5O4. The zero-order valence-corrected chi connectivity index (χ0v) is 17.0. The smallest absolute Gasteiger partial charge is 0.300 e. The van der Waals surface area contributed by atoms with Gasteiger partial charge in [0.2, 0.25) is 11.5 Å². The van der Waals surface area contributed by atoms with Crippen molar-refractivity contribution in [3.8, 4) is 6.07 Å². The van der Waals surface area contributed by atoms with E-state index in [4.69, 9.17) is 15.2 Å². The zero-order chi connectivity index (χ0) is 21.9. The van der Waals surface area contributed by atoms with Crippen LogP contribution >= 0.6 is 0 Å². The number of hydrogen-bond donors (Lipinski definition) is 4. The van der Waals surface area contributed by atoms with Gasteiger partial charge in [0.05, 0.1) is 19.2 Å². The maximum absolute atomic E-state index is 12.1. The number of likely N-dealkylation sites (tertiary alicyclic amines) is 1. The van der Waals surface area contributed by atoms with Crippen molar-refractivity contribution in [3.05, 3.63) is 46.2 Å². The Morgan fingerprint density at radius 3 is 2.83 bits per heavy atom. The van der Waals surface area contributed by atoms with Gasteiger partial charge in [0.1, 0.15) is 0 Å². The molecule has 3 rings (SSSR count). The van der Waals surface area contributed by atoms with E-state index in [2.05, 4.69) is 26.6 Å². The molecule has 0 spiro atoms. The number of nitrogens with one attached hydrogen (secondary N) is 3. The highest BCUT2D eigenvalue weighted by Crippen LogP contribution is 2.15. The summed E-state index contributed by atoms with van der Waals surface area (Å²) in [5, 5.41) is 23.2. The number of carbonyl (C=O) groups is 2. The van der Waals surface area contributed by atoms with Crippen LogP contribution < -0.4 is 16.2 Å². The summed E-state index contributed by atoms with van der Waals surface area (Å²) in [6, 6.07) is 11.6. The van der Waals surface area contributed by atoms with E-state index >= 15 is 0 Å². The number of nitrogens with zero attached hydrogens (tertiary/aromatic N) is 2. The molecule has 1 aliphatic heterocycles. The second kappa shape index (κ2) is 11.7. The van der Waals surface area contributed by atoms with Crippen molar-refractivity contribution < 1.29 is 14.7 Å².